The summed E-state index contributed by atoms with van der Waals surface area (Å²) in [5.74, 6) is 0. The van der Waals surface area contributed by atoms with E-state index >= 15 is 0 Å². The van der Waals surface area contributed by atoms with Crippen LogP contribution < -0.4 is 10.6 Å². The fraction of sp³-hybridized carbons (Fsp3) is 0.562. The molecule has 118 valence electrons. The minimum Gasteiger partial charge on any atom is -0.335 e. The SMILES string of the molecule is CCN(CC)CCCC(C)NC(=O)Nc1ccc(I)cc1. The fourth-order valence-electron chi connectivity index (χ4n) is 2.16. The lowest BCUT2D eigenvalue weighted by atomic mass is 10.2. The van der Waals surface area contributed by atoms with Crippen molar-refractivity contribution in [1.82, 2.24) is 10.2 Å². The summed E-state index contributed by atoms with van der Waals surface area (Å²) in [5.41, 5.74) is 0.822. The molecule has 0 aromatic heterocycles. The van der Waals surface area contributed by atoms with Gasteiger partial charge in [0, 0.05) is 15.3 Å². The third kappa shape index (κ3) is 7.66. The van der Waals surface area contributed by atoms with Crippen LogP contribution in [0.5, 0.6) is 0 Å². The Balaban J connectivity index is 2.25. The number of halogens is 1. The van der Waals surface area contributed by atoms with Crippen LogP contribution in [-0.2, 0) is 0 Å². The van der Waals surface area contributed by atoms with Gasteiger partial charge in [0.25, 0.3) is 0 Å². The van der Waals surface area contributed by atoms with Crippen LogP contribution in [0.2, 0.25) is 0 Å². The molecule has 5 heteroatoms. The summed E-state index contributed by atoms with van der Waals surface area (Å²) in [6, 6.07) is 7.82. The topological polar surface area (TPSA) is 44.4 Å². The molecule has 0 bridgehead atoms. The lowest BCUT2D eigenvalue weighted by Crippen LogP contribution is -2.36. The number of urea groups is 1. The number of amides is 2. The van der Waals surface area contributed by atoms with Crippen LogP contribution in [0.1, 0.15) is 33.6 Å². The van der Waals surface area contributed by atoms with E-state index < -0.39 is 0 Å². The molecule has 0 aliphatic heterocycles. The molecular weight excluding hydrogens is 377 g/mol. The Hall–Kier alpha value is -0.820. The first-order chi connectivity index (χ1) is 10.0. The van der Waals surface area contributed by atoms with Gasteiger partial charge in [-0.2, -0.15) is 0 Å². The van der Waals surface area contributed by atoms with Gasteiger partial charge in [-0.3, -0.25) is 0 Å². The van der Waals surface area contributed by atoms with Crippen LogP contribution >= 0.6 is 22.6 Å². The number of rotatable bonds is 8. The summed E-state index contributed by atoms with van der Waals surface area (Å²) >= 11 is 2.24. The molecule has 0 aliphatic carbocycles. The first-order valence-corrected chi connectivity index (χ1v) is 8.68. The molecule has 1 atom stereocenters. The maximum atomic E-state index is 11.9. The monoisotopic (exact) mass is 403 g/mol. The molecule has 0 saturated carbocycles. The molecule has 0 spiro atoms. The van der Waals surface area contributed by atoms with Crippen LogP contribution in [-0.4, -0.2) is 36.6 Å². The molecule has 0 radical (unpaired) electrons. The van der Waals surface area contributed by atoms with Crippen LogP contribution in [0.3, 0.4) is 0 Å². The quantitative estimate of drug-likeness (QED) is 0.647. The van der Waals surface area contributed by atoms with E-state index in [2.05, 4.69) is 58.9 Å². The van der Waals surface area contributed by atoms with Gasteiger partial charge in [-0.25, -0.2) is 4.79 Å². The number of carbonyl (C=O) groups excluding carboxylic acids is 1. The van der Waals surface area contributed by atoms with Gasteiger partial charge in [0.2, 0.25) is 0 Å². The molecule has 0 aliphatic rings. The van der Waals surface area contributed by atoms with E-state index in [9.17, 15) is 4.79 Å². The first-order valence-electron chi connectivity index (χ1n) is 7.60. The average Bonchev–Trinajstić information content (AvgIpc) is 2.46. The van der Waals surface area contributed by atoms with Crippen LogP contribution in [0.15, 0.2) is 24.3 Å². The zero-order chi connectivity index (χ0) is 15.7. The molecule has 0 heterocycles. The van der Waals surface area contributed by atoms with Crippen LogP contribution in [0, 0.1) is 3.57 Å². The molecule has 0 saturated heterocycles. The van der Waals surface area contributed by atoms with E-state index in [1.54, 1.807) is 0 Å². The minimum absolute atomic E-state index is 0.133. The van der Waals surface area contributed by atoms with E-state index in [1.165, 1.54) is 0 Å². The number of hydrogen-bond acceptors (Lipinski definition) is 2. The zero-order valence-corrected chi connectivity index (χ0v) is 15.3. The molecule has 1 aromatic carbocycles. The number of carbonyl (C=O) groups is 1. The highest BCUT2D eigenvalue weighted by atomic mass is 127. The second-order valence-corrected chi connectivity index (χ2v) is 6.42. The van der Waals surface area contributed by atoms with Crippen molar-refractivity contribution in [2.75, 3.05) is 25.0 Å². The summed E-state index contributed by atoms with van der Waals surface area (Å²) in [7, 11) is 0. The van der Waals surface area contributed by atoms with Crippen molar-refractivity contribution in [2.24, 2.45) is 0 Å². The molecule has 21 heavy (non-hydrogen) atoms. The number of nitrogens with zero attached hydrogens (tertiary/aromatic N) is 1. The predicted molar refractivity (Wildman–Crippen MR) is 97.8 cm³/mol. The Morgan fingerprint density at radius 2 is 1.86 bits per heavy atom. The second-order valence-electron chi connectivity index (χ2n) is 5.18. The van der Waals surface area contributed by atoms with Gasteiger partial charge in [-0.05, 0) is 86.3 Å². The number of hydrogen-bond donors (Lipinski definition) is 2. The van der Waals surface area contributed by atoms with Crippen molar-refractivity contribution in [3.8, 4) is 0 Å². The van der Waals surface area contributed by atoms with Crippen molar-refractivity contribution >= 4 is 34.3 Å². The van der Waals surface area contributed by atoms with E-state index in [0.29, 0.717) is 0 Å². The molecule has 0 fully saturated rings. The molecule has 1 aromatic rings. The normalized spacial score (nSPS) is 12.2. The molecule has 1 rings (SSSR count). The van der Waals surface area contributed by atoms with Gasteiger partial charge >= 0.3 is 6.03 Å². The second kappa shape index (κ2) is 10.00. The summed E-state index contributed by atoms with van der Waals surface area (Å²) in [6.07, 6.45) is 2.10. The fourth-order valence-corrected chi connectivity index (χ4v) is 2.52. The molecule has 2 amide bonds. The van der Waals surface area contributed by atoms with Gasteiger partial charge in [0.1, 0.15) is 0 Å². The standard InChI is InChI=1S/C16H26IN3O/c1-4-20(5-2)12-6-7-13(3)18-16(21)19-15-10-8-14(17)9-11-15/h8-11,13H,4-7,12H2,1-3H3,(H2,18,19,21). The van der Waals surface area contributed by atoms with Gasteiger partial charge < -0.3 is 15.5 Å². The lowest BCUT2D eigenvalue weighted by Gasteiger charge is -2.20. The molecule has 1 unspecified atom stereocenters. The maximum Gasteiger partial charge on any atom is 0.319 e. The minimum atomic E-state index is -0.133. The number of benzene rings is 1. The van der Waals surface area contributed by atoms with Gasteiger partial charge in [0.15, 0.2) is 0 Å². The van der Waals surface area contributed by atoms with Crippen molar-refractivity contribution in [2.45, 2.75) is 39.7 Å². The van der Waals surface area contributed by atoms with E-state index in [4.69, 9.17) is 0 Å². The summed E-state index contributed by atoms with van der Waals surface area (Å²) in [4.78, 5) is 14.3. The van der Waals surface area contributed by atoms with Crippen LogP contribution in [0.4, 0.5) is 10.5 Å². The molecular formula is C16H26IN3O. The van der Waals surface area contributed by atoms with Gasteiger partial charge in [-0.15, -0.1) is 0 Å². The largest absolute Gasteiger partial charge is 0.335 e. The van der Waals surface area contributed by atoms with E-state index in [-0.39, 0.29) is 12.1 Å². The van der Waals surface area contributed by atoms with Crippen molar-refractivity contribution < 1.29 is 4.79 Å². The lowest BCUT2D eigenvalue weighted by molar-refractivity contribution is 0.247. The highest BCUT2D eigenvalue weighted by Gasteiger charge is 2.08. The summed E-state index contributed by atoms with van der Waals surface area (Å²) < 4.78 is 1.16. The summed E-state index contributed by atoms with van der Waals surface area (Å²) in [5, 5.41) is 5.84. The summed E-state index contributed by atoms with van der Waals surface area (Å²) in [6.45, 7) is 9.68. The van der Waals surface area contributed by atoms with Crippen molar-refractivity contribution in [1.29, 1.82) is 0 Å². The molecule has 2 N–H and O–H groups in total. The van der Waals surface area contributed by atoms with Crippen molar-refractivity contribution in [3.63, 3.8) is 0 Å². The van der Waals surface area contributed by atoms with E-state index in [1.807, 2.05) is 24.3 Å². The highest BCUT2D eigenvalue weighted by Crippen LogP contribution is 2.11. The Labute approximate surface area is 141 Å². The zero-order valence-electron chi connectivity index (χ0n) is 13.2. The van der Waals surface area contributed by atoms with E-state index in [0.717, 1.165) is 41.7 Å². The smallest absolute Gasteiger partial charge is 0.319 e. The molecule has 4 nitrogen and oxygen atoms in total. The van der Waals surface area contributed by atoms with Gasteiger partial charge in [0.05, 0.1) is 0 Å². The van der Waals surface area contributed by atoms with Crippen molar-refractivity contribution in [3.05, 3.63) is 27.8 Å². The van der Waals surface area contributed by atoms with Gasteiger partial charge in [-0.1, -0.05) is 13.8 Å². The Kier molecular flexibility index (Phi) is 8.68. The Morgan fingerprint density at radius 3 is 2.43 bits per heavy atom. The third-order valence-electron chi connectivity index (χ3n) is 3.49. The average molecular weight is 403 g/mol. The van der Waals surface area contributed by atoms with Crippen LogP contribution in [0.25, 0.3) is 0 Å². The Bertz CT molecular complexity index is 418. The maximum absolute atomic E-state index is 11.9. The highest BCUT2D eigenvalue weighted by molar-refractivity contribution is 14.1. The first kappa shape index (κ1) is 18.2. The Morgan fingerprint density at radius 1 is 1.24 bits per heavy atom. The predicted octanol–water partition coefficient (Wildman–Crippen LogP) is 3.92. The number of nitrogens with one attached hydrogen (secondary N) is 2. The number of anilines is 1. The third-order valence-corrected chi connectivity index (χ3v) is 4.20.